The number of nitrogens with one attached hydrogen (secondary N) is 2. The first-order valence-electron chi connectivity index (χ1n) is 26.8. The van der Waals surface area contributed by atoms with Crippen LogP contribution in [0, 0.1) is 25.6 Å². The van der Waals surface area contributed by atoms with E-state index in [1.54, 1.807) is 51.3 Å². The maximum Gasteiger partial charge on any atom is 0.234 e. The molecule has 0 radical (unpaired) electrons. The van der Waals surface area contributed by atoms with Crippen molar-refractivity contribution < 1.29 is 43.0 Å². The number of phenols is 1. The molecule has 9 rings (SSSR count). The highest BCUT2D eigenvalue weighted by Crippen LogP contribution is 2.43. The summed E-state index contributed by atoms with van der Waals surface area (Å²) in [7, 11) is 1.70. The van der Waals surface area contributed by atoms with Crippen LogP contribution in [-0.4, -0.2) is 161 Å². The Morgan fingerprint density at radius 3 is 2.44 bits per heavy atom. The van der Waals surface area contributed by atoms with Crippen LogP contribution < -0.4 is 15.5 Å². The Labute approximate surface area is 467 Å². The first-order chi connectivity index (χ1) is 38.0. The minimum absolute atomic E-state index is 0.0148. The van der Waals surface area contributed by atoms with E-state index in [2.05, 4.69) is 50.0 Å². The summed E-state index contributed by atoms with van der Waals surface area (Å²) in [5.74, 6) is -0.515. The third-order valence-electron chi connectivity index (χ3n) is 14.8. The number of likely N-dealkylation sites (tertiary alicyclic amines) is 1. The van der Waals surface area contributed by atoms with Gasteiger partial charge in [-0.1, -0.05) is 79.1 Å². The number of thiazole rings is 1. The molecule has 0 saturated carbocycles. The van der Waals surface area contributed by atoms with Gasteiger partial charge in [0.25, 0.3) is 0 Å². The molecule has 7 aromatic rings. The topological polar surface area (TPSA) is 212 Å². The largest absolute Gasteiger partial charge is 0.508 e. The van der Waals surface area contributed by atoms with Gasteiger partial charge >= 0.3 is 0 Å². The number of carbonyl (C=O) groups excluding carboxylic acids is 3. The van der Waals surface area contributed by atoms with Crippen LogP contribution >= 0.6 is 22.9 Å². The average molecular weight is 1120 g/mol. The second-order valence-electron chi connectivity index (χ2n) is 20.7. The highest BCUT2D eigenvalue weighted by molar-refractivity contribution is 7.13. The standard InChI is InChI=1S/C58H68ClFN10O8S/c1-34(2)51(49-25-35(3)66-78-49)57(75)70-31-43(73)27-41(70)30-62-48(38-11-13-39(14-12-38)55-36(4)63-33-79-55)32-77-24-23-76-22-21-67(6)50(74)15-16-61-58-64-54-46(56(65-58)69-19-17-68(18-20-69)37(5)71)29-47(59)52(53(54)60)45-28-42(72)26-40-9-7-8-10-44(40)45/h7-14,25-26,28-29,33-34,41,43,48,51,62,72-73H,15-24,27,30-32H2,1-6H3,(H,61,64,65)/t41-,43+,48-,51-/m0/s1. The number of aliphatic hydroxyl groups excluding tert-OH is 1. The minimum atomic E-state index is -0.685. The van der Waals surface area contributed by atoms with Crippen LogP contribution in [-0.2, 0) is 23.9 Å². The number of piperazine rings is 1. The van der Waals surface area contributed by atoms with Crippen molar-refractivity contribution in [1.29, 1.82) is 0 Å². The fraction of sp³-hybridized carbons (Fsp3) is 0.431. The van der Waals surface area contributed by atoms with Crippen LogP contribution in [0.4, 0.5) is 16.2 Å². The monoisotopic (exact) mass is 1120 g/mol. The summed E-state index contributed by atoms with van der Waals surface area (Å²) >= 11 is 8.50. The summed E-state index contributed by atoms with van der Waals surface area (Å²) in [4.78, 5) is 61.7. The van der Waals surface area contributed by atoms with Crippen molar-refractivity contribution in [1.82, 2.24) is 40.1 Å². The van der Waals surface area contributed by atoms with Crippen LogP contribution in [0.25, 0.3) is 43.2 Å². The minimum Gasteiger partial charge on any atom is -0.508 e. The van der Waals surface area contributed by atoms with E-state index in [1.807, 2.05) is 62.4 Å². The quantitative estimate of drug-likeness (QED) is 0.0470. The van der Waals surface area contributed by atoms with E-state index in [-0.39, 0.29) is 103 Å². The molecule has 4 N–H and O–H groups in total. The summed E-state index contributed by atoms with van der Waals surface area (Å²) in [6.45, 7) is 13.4. The number of aryl methyl sites for hydroxylation is 2. The molecule has 4 aromatic carbocycles. The number of anilines is 2. The molecule has 0 spiro atoms. The van der Waals surface area contributed by atoms with Crippen LogP contribution in [0.2, 0.25) is 5.02 Å². The SMILES string of the molecule is CC(=O)N1CCN(c2nc(NCCC(=O)N(C)CCOCCOC[C@H](NC[C@@H]3C[C@@H](O)CN3C(=O)[C@H](c3cc(C)no3)C(C)C)c3ccc(-c4scnc4C)cc3)nc3c(F)c(-c4cc(O)cc5ccccc45)c(Cl)cc23)CC1. The third-order valence-corrected chi connectivity index (χ3v) is 16.0. The second kappa shape index (κ2) is 25.5. The molecule has 3 amide bonds. The lowest BCUT2D eigenvalue weighted by Crippen LogP contribution is -2.48. The van der Waals surface area contributed by atoms with Gasteiger partial charge in [-0.05, 0) is 71.8 Å². The zero-order valence-corrected chi connectivity index (χ0v) is 47.0. The van der Waals surface area contributed by atoms with E-state index in [4.69, 9.17) is 30.6 Å². The number of rotatable bonds is 22. The number of hydrogen-bond donors (Lipinski definition) is 4. The van der Waals surface area contributed by atoms with Gasteiger partial charge in [-0.3, -0.25) is 14.4 Å². The van der Waals surface area contributed by atoms with Crippen molar-refractivity contribution in [2.45, 2.75) is 71.6 Å². The highest BCUT2D eigenvalue weighted by atomic mass is 35.5. The number of benzene rings is 4. The Balaban J connectivity index is 0.796. The van der Waals surface area contributed by atoms with E-state index in [0.29, 0.717) is 91.3 Å². The summed E-state index contributed by atoms with van der Waals surface area (Å²) < 4.78 is 34.8. The first-order valence-corrected chi connectivity index (χ1v) is 28.0. The fourth-order valence-electron chi connectivity index (χ4n) is 10.5. The normalized spacial score (nSPS) is 16.6. The van der Waals surface area contributed by atoms with E-state index in [0.717, 1.165) is 21.7 Å². The lowest BCUT2D eigenvalue weighted by atomic mass is 9.91. The van der Waals surface area contributed by atoms with E-state index >= 15 is 4.39 Å². The third kappa shape index (κ3) is 13.3. The molecule has 4 atom stereocenters. The number of phenolic OH excluding ortho intramolecular Hbond substituents is 1. The predicted octanol–water partition coefficient (Wildman–Crippen LogP) is 8.37. The van der Waals surface area contributed by atoms with E-state index < -0.39 is 17.8 Å². The van der Waals surface area contributed by atoms with Crippen molar-refractivity contribution in [2.24, 2.45) is 5.92 Å². The van der Waals surface area contributed by atoms with Crippen molar-refractivity contribution in [3.63, 3.8) is 0 Å². The molecule has 0 bridgehead atoms. The zero-order chi connectivity index (χ0) is 55.9. The molecule has 2 aliphatic heterocycles. The molecule has 0 unspecified atom stereocenters. The van der Waals surface area contributed by atoms with Crippen LogP contribution in [0.15, 0.2) is 82.8 Å². The number of halogens is 2. The number of fused-ring (bicyclic) bond motifs is 2. The Bertz CT molecular complexity index is 3280. The van der Waals surface area contributed by atoms with Crippen molar-refractivity contribution in [3.05, 3.63) is 112 Å². The molecule has 3 aromatic heterocycles. The number of ether oxygens (including phenoxy) is 2. The summed E-state index contributed by atoms with van der Waals surface area (Å²) in [6.07, 6.45) is -0.142. The van der Waals surface area contributed by atoms with Gasteiger partial charge in [0.05, 0.1) is 65.4 Å². The Hall–Kier alpha value is -6.81. The van der Waals surface area contributed by atoms with Crippen LogP contribution in [0.3, 0.4) is 0 Å². The van der Waals surface area contributed by atoms with Gasteiger partial charge < -0.3 is 54.4 Å². The molecule has 0 aliphatic carbocycles. The average Bonchev–Trinajstić information content (AvgIpc) is 4.33. The summed E-state index contributed by atoms with van der Waals surface area (Å²) in [5.41, 5.74) is 6.09. The number of β-amino-alcohol motifs (C(OH)–C–C–N with tert-alkyl or cyclic N) is 1. The smallest absolute Gasteiger partial charge is 0.234 e. The number of amides is 3. The molecule has 418 valence electrons. The second-order valence-corrected chi connectivity index (χ2v) is 21.9. The summed E-state index contributed by atoms with van der Waals surface area (Å²) in [5, 5.41) is 34.2. The van der Waals surface area contributed by atoms with Crippen LogP contribution in [0.1, 0.15) is 68.3 Å². The number of aromatic hydroxyl groups is 1. The van der Waals surface area contributed by atoms with Crippen molar-refractivity contribution in [2.75, 3.05) is 96.0 Å². The molecule has 18 nitrogen and oxygen atoms in total. The maximum atomic E-state index is 17.1. The Morgan fingerprint density at radius 2 is 1.73 bits per heavy atom. The van der Waals surface area contributed by atoms with Crippen molar-refractivity contribution in [3.8, 4) is 27.3 Å². The van der Waals surface area contributed by atoms with Gasteiger partial charge in [-0.2, -0.15) is 4.98 Å². The van der Waals surface area contributed by atoms with E-state index in [9.17, 15) is 24.6 Å². The number of carbonyl (C=O) groups is 3. The molecular formula is C58H68ClFN10O8S. The van der Waals surface area contributed by atoms with Gasteiger partial charge in [0.1, 0.15) is 28.8 Å². The van der Waals surface area contributed by atoms with Gasteiger partial charge in [0.2, 0.25) is 23.7 Å². The Kier molecular flexibility index (Phi) is 18.4. The number of aromatic nitrogens is 4. The maximum absolute atomic E-state index is 17.1. The molecule has 2 aliphatic rings. The van der Waals surface area contributed by atoms with Gasteiger partial charge in [-0.15, -0.1) is 11.3 Å². The van der Waals surface area contributed by atoms with Gasteiger partial charge in [0.15, 0.2) is 5.82 Å². The Morgan fingerprint density at radius 1 is 0.975 bits per heavy atom. The number of likely N-dealkylation sites (N-methyl/N-ethyl adjacent to an activating group) is 1. The summed E-state index contributed by atoms with van der Waals surface area (Å²) in [6, 6.07) is 21.7. The number of hydrogen-bond acceptors (Lipinski definition) is 16. The highest BCUT2D eigenvalue weighted by Gasteiger charge is 2.40. The molecular weight excluding hydrogens is 1050 g/mol. The van der Waals surface area contributed by atoms with Crippen molar-refractivity contribution >= 4 is 74.1 Å². The number of nitrogens with zero attached hydrogens (tertiary/aromatic N) is 8. The zero-order valence-electron chi connectivity index (χ0n) is 45.4. The van der Waals surface area contributed by atoms with Crippen LogP contribution in [0.5, 0.6) is 5.75 Å². The van der Waals surface area contributed by atoms with Gasteiger partial charge in [-0.25, -0.2) is 14.4 Å². The molecule has 21 heteroatoms. The molecule has 5 heterocycles. The fourth-order valence-corrected chi connectivity index (χ4v) is 11.6. The predicted molar refractivity (Wildman–Crippen MR) is 304 cm³/mol. The first kappa shape index (κ1) is 56.9. The van der Waals surface area contributed by atoms with Gasteiger partial charge in [0, 0.05) is 95.8 Å². The molecule has 2 fully saturated rings. The number of aliphatic hydroxyl groups is 1. The lowest BCUT2D eigenvalue weighted by Gasteiger charge is -2.35. The molecule has 79 heavy (non-hydrogen) atoms. The van der Waals surface area contributed by atoms with E-state index in [1.165, 1.54) is 13.0 Å². The molecule has 2 saturated heterocycles. The lowest BCUT2D eigenvalue weighted by molar-refractivity contribution is -0.135.